The molecule has 0 spiro atoms. The van der Waals surface area contributed by atoms with E-state index in [1.807, 2.05) is 24.3 Å². The molecule has 0 N–H and O–H groups in total. The van der Waals surface area contributed by atoms with Crippen molar-refractivity contribution in [2.75, 3.05) is 20.2 Å². The van der Waals surface area contributed by atoms with Crippen LogP contribution in [-0.2, 0) is 6.54 Å². The van der Waals surface area contributed by atoms with E-state index in [0.29, 0.717) is 6.10 Å². The van der Waals surface area contributed by atoms with E-state index in [1.54, 1.807) is 7.11 Å². The number of benzene rings is 2. The summed E-state index contributed by atoms with van der Waals surface area (Å²) in [5.74, 6) is 2.71. The first kappa shape index (κ1) is 17.2. The molecule has 4 rings (SSSR count). The van der Waals surface area contributed by atoms with Crippen LogP contribution in [0.4, 0.5) is 0 Å². The maximum atomic E-state index is 6.03. The molecular formula is C22H27NO3. The first-order valence-electron chi connectivity index (χ1n) is 9.57. The molecule has 0 aromatic heterocycles. The number of methoxy groups -OCH3 is 1. The Labute approximate surface area is 155 Å². The standard InChI is InChI=1S/C22H27NO3/c1-24-20-7-4-8-21(13-20)26-22-15-23(16-22)14-17-9-11-19(12-10-17)25-18-5-2-3-6-18/h4,7-13,18,22H,2-3,5-6,14-16H2,1H3. The third-order valence-electron chi connectivity index (χ3n) is 5.20. The highest BCUT2D eigenvalue weighted by Gasteiger charge is 2.28. The van der Waals surface area contributed by atoms with E-state index in [-0.39, 0.29) is 6.10 Å². The van der Waals surface area contributed by atoms with Gasteiger partial charge in [-0.05, 0) is 55.5 Å². The van der Waals surface area contributed by atoms with Crippen LogP contribution in [0.1, 0.15) is 31.2 Å². The van der Waals surface area contributed by atoms with Crippen molar-refractivity contribution in [3.05, 3.63) is 54.1 Å². The Morgan fingerprint density at radius 1 is 0.846 bits per heavy atom. The van der Waals surface area contributed by atoms with E-state index >= 15 is 0 Å². The average Bonchev–Trinajstić information content (AvgIpc) is 3.14. The van der Waals surface area contributed by atoms with Gasteiger partial charge in [-0.25, -0.2) is 0 Å². The Morgan fingerprint density at radius 2 is 1.54 bits per heavy atom. The smallest absolute Gasteiger partial charge is 0.124 e. The summed E-state index contributed by atoms with van der Waals surface area (Å²) in [5.41, 5.74) is 1.32. The van der Waals surface area contributed by atoms with E-state index in [2.05, 4.69) is 29.2 Å². The molecule has 138 valence electrons. The van der Waals surface area contributed by atoms with Gasteiger partial charge in [0.15, 0.2) is 0 Å². The minimum Gasteiger partial charge on any atom is -0.497 e. The molecule has 2 aromatic rings. The lowest BCUT2D eigenvalue weighted by Crippen LogP contribution is -2.53. The zero-order valence-corrected chi connectivity index (χ0v) is 15.4. The topological polar surface area (TPSA) is 30.9 Å². The van der Waals surface area contributed by atoms with Gasteiger partial charge in [0.1, 0.15) is 23.4 Å². The zero-order chi connectivity index (χ0) is 17.8. The highest BCUT2D eigenvalue weighted by Crippen LogP contribution is 2.26. The van der Waals surface area contributed by atoms with Crippen LogP contribution in [0.2, 0.25) is 0 Å². The zero-order valence-electron chi connectivity index (χ0n) is 15.4. The molecule has 2 fully saturated rings. The second-order valence-corrected chi connectivity index (χ2v) is 7.28. The van der Waals surface area contributed by atoms with E-state index in [9.17, 15) is 0 Å². The predicted molar refractivity (Wildman–Crippen MR) is 102 cm³/mol. The van der Waals surface area contributed by atoms with Gasteiger partial charge >= 0.3 is 0 Å². The summed E-state index contributed by atoms with van der Waals surface area (Å²) >= 11 is 0. The SMILES string of the molecule is COc1cccc(OC2CN(Cc3ccc(OC4CCCC4)cc3)C2)c1. The van der Waals surface area contributed by atoms with Crippen LogP contribution in [-0.4, -0.2) is 37.3 Å². The fourth-order valence-corrected chi connectivity index (χ4v) is 3.72. The summed E-state index contributed by atoms with van der Waals surface area (Å²) in [6.07, 6.45) is 5.68. The Balaban J connectivity index is 1.22. The van der Waals surface area contributed by atoms with Gasteiger partial charge in [-0.1, -0.05) is 18.2 Å². The first-order chi connectivity index (χ1) is 12.8. The largest absolute Gasteiger partial charge is 0.497 e. The maximum absolute atomic E-state index is 6.03. The Bertz CT molecular complexity index is 704. The normalized spacial score (nSPS) is 18.5. The van der Waals surface area contributed by atoms with E-state index in [0.717, 1.165) is 36.9 Å². The molecule has 0 radical (unpaired) electrons. The molecule has 1 heterocycles. The fraction of sp³-hybridized carbons (Fsp3) is 0.455. The highest BCUT2D eigenvalue weighted by molar-refractivity contribution is 5.33. The predicted octanol–water partition coefficient (Wildman–Crippen LogP) is 4.28. The Hall–Kier alpha value is -2.20. The van der Waals surface area contributed by atoms with E-state index in [4.69, 9.17) is 14.2 Å². The van der Waals surface area contributed by atoms with Crippen LogP contribution < -0.4 is 14.2 Å². The fourth-order valence-electron chi connectivity index (χ4n) is 3.72. The summed E-state index contributed by atoms with van der Waals surface area (Å²) < 4.78 is 17.3. The van der Waals surface area contributed by atoms with Gasteiger partial charge in [-0.2, -0.15) is 0 Å². The van der Waals surface area contributed by atoms with Crippen molar-refractivity contribution >= 4 is 0 Å². The van der Waals surface area contributed by atoms with Crippen LogP contribution in [0, 0.1) is 0 Å². The van der Waals surface area contributed by atoms with Crippen molar-refractivity contribution in [3.63, 3.8) is 0 Å². The molecule has 0 unspecified atom stereocenters. The Kier molecular flexibility index (Phi) is 5.30. The first-order valence-corrected chi connectivity index (χ1v) is 9.57. The van der Waals surface area contributed by atoms with Crippen molar-refractivity contribution in [1.82, 2.24) is 4.90 Å². The van der Waals surface area contributed by atoms with E-state index < -0.39 is 0 Å². The molecule has 4 nitrogen and oxygen atoms in total. The lowest BCUT2D eigenvalue weighted by atomic mass is 10.1. The molecule has 26 heavy (non-hydrogen) atoms. The lowest BCUT2D eigenvalue weighted by molar-refractivity contribution is 0.0144. The molecule has 1 saturated heterocycles. The quantitative estimate of drug-likeness (QED) is 0.743. The number of ether oxygens (including phenoxy) is 3. The number of nitrogens with zero attached hydrogens (tertiary/aromatic N) is 1. The van der Waals surface area contributed by atoms with Gasteiger partial charge in [-0.3, -0.25) is 4.90 Å². The number of likely N-dealkylation sites (tertiary alicyclic amines) is 1. The second kappa shape index (κ2) is 8.00. The molecule has 0 bridgehead atoms. The molecule has 1 saturated carbocycles. The third kappa shape index (κ3) is 4.31. The van der Waals surface area contributed by atoms with Gasteiger partial charge in [0.2, 0.25) is 0 Å². The number of hydrogen-bond donors (Lipinski definition) is 0. The number of rotatable bonds is 7. The van der Waals surface area contributed by atoms with E-state index in [1.165, 1.54) is 31.2 Å². The summed E-state index contributed by atoms with van der Waals surface area (Å²) in [4.78, 5) is 2.40. The molecule has 2 aliphatic rings. The van der Waals surface area contributed by atoms with Crippen LogP contribution in [0.5, 0.6) is 17.2 Å². The van der Waals surface area contributed by atoms with Crippen LogP contribution >= 0.6 is 0 Å². The minimum atomic E-state index is 0.257. The molecule has 1 aliphatic heterocycles. The summed E-state index contributed by atoms with van der Waals surface area (Å²) in [6.45, 7) is 2.87. The maximum Gasteiger partial charge on any atom is 0.124 e. The summed E-state index contributed by atoms with van der Waals surface area (Å²) in [5, 5.41) is 0. The molecule has 4 heteroatoms. The molecule has 1 aliphatic carbocycles. The van der Waals surface area contributed by atoms with Gasteiger partial charge in [0, 0.05) is 25.7 Å². The van der Waals surface area contributed by atoms with Crippen LogP contribution in [0.15, 0.2) is 48.5 Å². The van der Waals surface area contributed by atoms with Gasteiger partial charge in [-0.15, -0.1) is 0 Å². The van der Waals surface area contributed by atoms with Crippen molar-refractivity contribution in [1.29, 1.82) is 0 Å². The molecule has 0 atom stereocenters. The summed E-state index contributed by atoms with van der Waals surface area (Å²) in [6, 6.07) is 16.4. The van der Waals surface area contributed by atoms with Gasteiger partial charge in [0.25, 0.3) is 0 Å². The van der Waals surface area contributed by atoms with Crippen molar-refractivity contribution in [3.8, 4) is 17.2 Å². The van der Waals surface area contributed by atoms with Crippen LogP contribution in [0.3, 0.4) is 0 Å². The van der Waals surface area contributed by atoms with Crippen LogP contribution in [0.25, 0.3) is 0 Å². The highest BCUT2D eigenvalue weighted by atomic mass is 16.5. The molecular weight excluding hydrogens is 326 g/mol. The minimum absolute atomic E-state index is 0.257. The van der Waals surface area contributed by atoms with Gasteiger partial charge < -0.3 is 14.2 Å². The average molecular weight is 353 g/mol. The van der Waals surface area contributed by atoms with Crippen molar-refractivity contribution in [2.24, 2.45) is 0 Å². The molecule has 0 amide bonds. The third-order valence-corrected chi connectivity index (χ3v) is 5.20. The van der Waals surface area contributed by atoms with Crippen molar-refractivity contribution < 1.29 is 14.2 Å². The number of hydrogen-bond acceptors (Lipinski definition) is 4. The Morgan fingerprint density at radius 3 is 2.27 bits per heavy atom. The molecule has 2 aromatic carbocycles. The lowest BCUT2D eigenvalue weighted by Gasteiger charge is -2.39. The second-order valence-electron chi connectivity index (χ2n) is 7.28. The monoisotopic (exact) mass is 353 g/mol. The summed E-state index contributed by atoms with van der Waals surface area (Å²) in [7, 11) is 1.67. The van der Waals surface area contributed by atoms with Gasteiger partial charge in [0.05, 0.1) is 13.2 Å². The van der Waals surface area contributed by atoms with Crippen molar-refractivity contribution in [2.45, 2.75) is 44.4 Å².